The Balaban J connectivity index is 2.13. The minimum absolute atomic E-state index is 0.343. The Bertz CT molecular complexity index is 400. The van der Waals surface area contributed by atoms with Crippen molar-refractivity contribution in [2.24, 2.45) is 5.73 Å². The highest BCUT2D eigenvalue weighted by molar-refractivity contribution is 6.31. The van der Waals surface area contributed by atoms with Crippen molar-refractivity contribution in [1.82, 2.24) is 0 Å². The minimum atomic E-state index is -0.678. The van der Waals surface area contributed by atoms with Gasteiger partial charge in [-0.3, -0.25) is 0 Å². The summed E-state index contributed by atoms with van der Waals surface area (Å²) >= 11 is 6.12. The van der Waals surface area contributed by atoms with Gasteiger partial charge in [0.1, 0.15) is 0 Å². The highest BCUT2D eigenvalue weighted by Gasteiger charge is 2.31. The van der Waals surface area contributed by atoms with Crippen LogP contribution in [0.3, 0.4) is 0 Å². The van der Waals surface area contributed by atoms with E-state index >= 15 is 0 Å². The van der Waals surface area contributed by atoms with Gasteiger partial charge in [-0.1, -0.05) is 17.7 Å². The summed E-state index contributed by atoms with van der Waals surface area (Å²) in [6.45, 7) is 4.03. The standard InChI is InChI=1S/C13H19ClN2O/c1-10-11(14)3-2-4-12(10)16-7-5-13(17,9-15)6-8-16/h2-4,17H,5-9,15H2,1H3. The van der Waals surface area contributed by atoms with Crippen LogP contribution < -0.4 is 10.6 Å². The fraction of sp³-hybridized carbons (Fsp3) is 0.538. The number of rotatable bonds is 2. The quantitative estimate of drug-likeness (QED) is 0.848. The first-order valence-electron chi connectivity index (χ1n) is 5.98. The van der Waals surface area contributed by atoms with Gasteiger partial charge in [-0.15, -0.1) is 0 Å². The Kier molecular flexibility index (Phi) is 3.61. The van der Waals surface area contributed by atoms with Crippen LogP contribution in [0.4, 0.5) is 5.69 Å². The first-order valence-corrected chi connectivity index (χ1v) is 6.36. The predicted octanol–water partition coefficient (Wildman–Crippen LogP) is 1.94. The second-order valence-electron chi connectivity index (χ2n) is 4.80. The highest BCUT2D eigenvalue weighted by atomic mass is 35.5. The van der Waals surface area contributed by atoms with E-state index in [4.69, 9.17) is 17.3 Å². The van der Waals surface area contributed by atoms with Crippen LogP contribution in [-0.2, 0) is 0 Å². The Morgan fingerprint density at radius 2 is 2.06 bits per heavy atom. The third-order valence-corrected chi connectivity index (χ3v) is 4.06. The fourth-order valence-corrected chi connectivity index (χ4v) is 2.48. The van der Waals surface area contributed by atoms with Crippen molar-refractivity contribution in [3.63, 3.8) is 0 Å². The van der Waals surface area contributed by atoms with Gasteiger partial charge < -0.3 is 15.7 Å². The van der Waals surface area contributed by atoms with E-state index in [0.29, 0.717) is 6.54 Å². The molecule has 4 heteroatoms. The molecule has 0 spiro atoms. The van der Waals surface area contributed by atoms with E-state index in [1.807, 2.05) is 19.1 Å². The van der Waals surface area contributed by atoms with Gasteiger partial charge in [0.2, 0.25) is 0 Å². The molecule has 0 radical (unpaired) electrons. The number of halogens is 1. The maximum Gasteiger partial charge on any atom is 0.0803 e. The van der Waals surface area contributed by atoms with Gasteiger partial charge >= 0.3 is 0 Å². The Labute approximate surface area is 107 Å². The number of hydrogen-bond acceptors (Lipinski definition) is 3. The summed E-state index contributed by atoms with van der Waals surface area (Å²) in [6.07, 6.45) is 1.44. The van der Waals surface area contributed by atoms with E-state index in [2.05, 4.69) is 11.0 Å². The molecule has 1 heterocycles. The van der Waals surface area contributed by atoms with Crippen LogP contribution in [0.5, 0.6) is 0 Å². The minimum Gasteiger partial charge on any atom is -0.388 e. The number of nitrogens with zero attached hydrogens (tertiary/aromatic N) is 1. The number of aliphatic hydroxyl groups is 1. The van der Waals surface area contributed by atoms with Crippen molar-refractivity contribution >= 4 is 17.3 Å². The average Bonchev–Trinajstić information content (AvgIpc) is 2.34. The summed E-state index contributed by atoms with van der Waals surface area (Å²) in [5, 5.41) is 10.9. The lowest BCUT2D eigenvalue weighted by Gasteiger charge is -2.39. The van der Waals surface area contributed by atoms with E-state index < -0.39 is 5.60 Å². The molecule has 0 aliphatic carbocycles. The summed E-state index contributed by atoms with van der Waals surface area (Å²) in [4.78, 5) is 2.27. The summed E-state index contributed by atoms with van der Waals surface area (Å²) in [5.41, 5.74) is 7.18. The molecule has 1 aliphatic heterocycles. The first-order chi connectivity index (χ1) is 8.06. The monoisotopic (exact) mass is 254 g/mol. The van der Waals surface area contributed by atoms with E-state index in [1.165, 1.54) is 0 Å². The molecule has 1 saturated heterocycles. The van der Waals surface area contributed by atoms with Crippen LogP contribution in [0.1, 0.15) is 18.4 Å². The molecule has 0 bridgehead atoms. The second-order valence-corrected chi connectivity index (χ2v) is 5.21. The highest BCUT2D eigenvalue weighted by Crippen LogP contribution is 2.30. The molecule has 0 aromatic heterocycles. The third-order valence-electron chi connectivity index (χ3n) is 3.65. The van der Waals surface area contributed by atoms with Gasteiger partial charge in [0, 0.05) is 30.3 Å². The van der Waals surface area contributed by atoms with Crippen LogP contribution in [0.2, 0.25) is 5.02 Å². The van der Waals surface area contributed by atoms with E-state index in [0.717, 1.165) is 42.2 Å². The Hall–Kier alpha value is -0.770. The molecule has 3 N–H and O–H groups in total. The molecule has 1 aromatic carbocycles. The van der Waals surface area contributed by atoms with Crippen LogP contribution in [-0.4, -0.2) is 30.3 Å². The summed E-state index contributed by atoms with van der Waals surface area (Å²) in [6, 6.07) is 5.95. The van der Waals surface area contributed by atoms with Gasteiger partial charge in [-0.05, 0) is 37.5 Å². The molecule has 0 unspecified atom stereocenters. The van der Waals surface area contributed by atoms with E-state index in [1.54, 1.807) is 0 Å². The normalized spacial score (nSPS) is 19.4. The van der Waals surface area contributed by atoms with Crippen molar-refractivity contribution < 1.29 is 5.11 Å². The smallest absolute Gasteiger partial charge is 0.0803 e. The molecule has 94 valence electrons. The average molecular weight is 255 g/mol. The lowest BCUT2D eigenvalue weighted by molar-refractivity contribution is 0.0250. The number of benzene rings is 1. The molecular formula is C13H19ClN2O. The molecular weight excluding hydrogens is 236 g/mol. The zero-order valence-electron chi connectivity index (χ0n) is 10.1. The molecule has 1 aromatic rings. The zero-order valence-corrected chi connectivity index (χ0v) is 10.9. The molecule has 0 saturated carbocycles. The lowest BCUT2D eigenvalue weighted by Crippen LogP contribution is -2.48. The molecule has 17 heavy (non-hydrogen) atoms. The maximum atomic E-state index is 10.1. The molecule has 2 rings (SSSR count). The molecule has 3 nitrogen and oxygen atoms in total. The van der Waals surface area contributed by atoms with Gasteiger partial charge in [0.25, 0.3) is 0 Å². The second kappa shape index (κ2) is 4.84. The number of anilines is 1. The van der Waals surface area contributed by atoms with Crippen molar-refractivity contribution in [2.45, 2.75) is 25.4 Å². The summed E-state index contributed by atoms with van der Waals surface area (Å²) in [5.74, 6) is 0. The van der Waals surface area contributed by atoms with Gasteiger partial charge in [-0.25, -0.2) is 0 Å². The van der Waals surface area contributed by atoms with Crippen molar-refractivity contribution in [2.75, 3.05) is 24.5 Å². The van der Waals surface area contributed by atoms with Crippen molar-refractivity contribution in [3.05, 3.63) is 28.8 Å². The Morgan fingerprint density at radius 1 is 1.41 bits per heavy atom. The van der Waals surface area contributed by atoms with Crippen LogP contribution in [0.25, 0.3) is 0 Å². The number of piperidine rings is 1. The first kappa shape index (κ1) is 12.7. The maximum absolute atomic E-state index is 10.1. The van der Waals surface area contributed by atoms with E-state index in [9.17, 15) is 5.11 Å². The van der Waals surface area contributed by atoms with Crippen LogP contribution in [0, 0.1) is 6.92 Å². The van der Waals surface area contributed by atoms with Crippen molar-refractivity contribution in [3.8, 4) is 0 Å². The Morgan fingerprint density at radius 3 is 2.65 bits per heavy atom. The topological polar surface area (TPSA) is 49.5 Å². The molecule has 0 atom stereocenters. The summed E-state index contributed by atoms with van der Waals surface area (Å²) < 4.78 is 0. The summed E-state index contributed by atoms with van der Waals surface area (Å²) in [7, 11) is 0. The van der Waals surface area contributed by atoms with Crippen LogP contribution in [0.15, 0.2) is 18.2 Å². The predicted molar refractivity (Wildman–Crippen MR) is 71.6 cm³/mol. The zero-order chi connectivity index (χ0) is 12.5. The van der Waals surface area contributed by atoms with Crippen molar-refractivity contribution in [1.29, 1.82) is 0 Å². The number of nitrogens with two attached hydrogens (primary N) is 1. The van der Waals surface area contributed by atoms with E-state index in [-0.39, 0.29) is 0 Å². The van der Waals surface area contributed by atoms with Gasteiger partial charge in [0.15, 0.2) is 0 Å². The molecule has 0 amide bonds. The van der Waals surface area contributed by atoms with Gasteiger partial charge in [-0.2, -0.15) is 0 Å². The van der Waals surface area contributed by atoms with Crippen LogP contribution >= 0.6 is 11.6 Å². The van der Waals surface area contributed by atoms with Gasteiger partial charge in [0.05, 0.1) is 5.60 Å². The SMILES string of the molecule is Cc1c(Cl)cccc1N1CCC(O)(CN)CC1. The largest absolute Gasteiger partial charge is 0.388 e. The molecule has 1 aliphatic rings. The fourth-order valence-electron chi connectivity index (χ4n) is 2.31. The molecule has 1 fully saturated rings. The third kappa shape index (κ3) is 2.57. The lowest BCUT2D eigenvalue weighted by atomic mass is 9.91. The number of hydrogen-bond donors (Lipinski definition) is 2.